The highest BCUT2D eigenvalue weighted by molar-refractivity contribution is 5.75. The number of urea groups is 1. The van der Waals surface area contributed by atoms with Gasteiger partial charge in [0.1, 0.15) is 11.6 Å². The minimum Gasteiger partial charge on any atom is -0.495 e. The maximum Gasteiger partial charge on any atom is 0.320 e. The Morgan fingerprint density at radius 1 is 0.759 bits per heavy atom. The molecule has 2 aliphatic heterocycles. The number of halogens is 1. The van der Waals surface area contributed by atoms with Gasteiger partial charge in [0, 0.05) is 52.4 Å². The van der Waals surface area contributed by atoms with Crippen molar-refractivity contribution in [2.45, 2.75) is 0 Å². The van der Waals surface area contributed by atoms with Gasteiger partial charge in [-0.1, -0.05) is 24.3 Å². The summed E-state index contributed by atoms with van der Waals surface area (Å²) >= 11 is 0. The molecule has 2 amide bonds. The molecule has 2 saturated heterocycles. The third-order valence-electron chi connectivity index (χ3n) is 5.72. The molecule has 0 aliphatic carbocycles. The molecule has 4 rings (SSSR count). The van der Waals surface area contributed by atoms with E-state index in [1.807, 2.05) is 39.0 Å². The number of methoxy groups -OCH3 is 1. The highest BCUT2D eigenvalue weighted by atomic mass is 19.1. The van der Waals surface area contributed by atoms with Crippen molar-refractivity contribution >= 4 is 17.4 Å². The largest absolute Gasteiger partial charge is 0.495 e. The number of para-hydroxylation sites is 3. The predicted octanol–water partition coefficient (Wildman–Crippen LogP) is 2.90. The van der Waals surface area contributed by atoms with Crippen molar-refractivity contribution in [3.8, 4) is 5.75 Å². The van der Waals surface area contributed by atoms with Crippen LogP contribution in [0.1, 0.15) is 0 Å². The summed E-state index contributed by atoms with van der Waals surface area (Å²) in [6, 6.07) is 14.9. The van der Waals surface area contributed by atoms with Crippen molar-refractivity contribution in [3.63, 3.8) is 0 Å². The smallest absolute Gasteiger partial charge is 0.320 e. The van der Waals surface area contributed by atoms with E-state index in [1.54, 1.807) is 19.2 Å². The number of rotatable bonds is 3. The average Bonchev–Trinajstić information content (AvgIpc) is 2.79. The summed E-state index contributed by atoms with van der Waals surface area (Å²) in [5.41, 5.74) is 1.69. The molecule has 2 aliphatic rings. The van der Waals surface area contributed by atoms with Crippen LogP contribution in [0.4, 0.5) is 20.6 Å². The Morgan fingerprint density at radius 3 is 1.79 bits per heavy atom. The summed E-state index contributed by atoms with van der Waals surface area (Å²) in [7, 11) is 1.68. The molecule has 7 heteroatoms. The minimum absolute atomic E-state index is 0.0814. The number of benzene rings is 2. The number of anilines is 2. The van der Waals surface area contributed by atoms with Crippen LogP contribution in [-0.2, 0) is 0 Å². The Balaban J connectivity index is 1.31. The summed E-state index contributed by atoms with van der Waals surface area (Å²) in [5, 5.41) is 0. The average molecular weight is 398 g/mol. The monoisotopic (exact) mass is 398 g/mol. The summed E-state index contributed by atoms with van der Waals surface area (Å²) in [4.78, 5) is 21.0. The maximum atomic E-state index is 14.0. The molecule has 0 spiro atoms. The number of carbonyl (C=O) groups excluding carboxylic acids is 1. The summed E-state index contributed by atoms with van der Waals surface area (Å²) in [6.45, 7) is 5.44. The normalized spacial score (nSPS) is 17.4. The van der Waals surface area contributed by atoms with E-state index >= 15 is 0 Å². The van der Waals surface area contributed by atoms with Crippen LogP contribution in [0.25, 0.3) is 0 Å². The van der Waals surface area contributed by atoms with Gasteiger partial charge < -0.3 is 24.3 Å². The zero-order chi connectivity index (χ0) is 20.2. The molecule has 2 fully saturated rings. The Morgan fingerprint density at radius 2 is 1.24 bits per heavy atom. The molecule has 0 bridgehead atoms. The molecule has 0 atom stereocenters. The van der Waals surface area contributed by atoms with Gasteiger partial charge in [-0.2, -0.15) is 0 Å². The first-order valence-electron chi connectivity index (χ1n) is 10.1. The van der Waals surface area contributed by atoms with Crippen LogP contribution < -0.4 is 14.5 Å². The highest BCUT2D eigenvalue weighted by Crippen LogP contribution is 2.28. The number of amides is 2. The van der Waals surface area contributed by atoms with Gasteiger partial charge in [-0.3, -0.25) is 0 Å². The quantitative estimate of drug-likeness (QED) is 0.797. The van der Waals surface area contributed by atoms with Gasteiger partial charge in [-0.15, -0.1) is 0 Å². The third kappa shape index (κ3) is 4.09. The zero-order valence-corrected chi connectivity index (χ0v) is 16.8. The van der Waals surface area contributed by atoms with Crippen molar-refractivity contribution in [3.05, 3.63) is 54.3 Å². The molecule has 0 aromatic heterocycles. The number of ether oxygens (including phenoxy) is 1. The molecule has 6 nitrogen and oxygen atoms in total. The van der Waals surface area contributed by atoms with Crippen molar-refractivity contribution in [1.82, 2.24) is 9.80 Å². The van der Waals surface area contributed by atoms with E-state index in [4.69, 9.17) is 4.74 Å². The fourth-order valence-corrected chi connectivity index (χ4v) is 4.08. The van der Waals surface area contributed by atoms with Crippen LogP contribution in [0.5, 0.6) is 5.75 Å². The molecular formula is C22H27FN4O2. The first-order chi connectivity index (χ1) is 14.2. The van der Waals surface area contributed by atoms with Crippen molar-refractivity contribution in [2.24, 2.45) is 0 Å². The second-order valence-corrected chi connectivity index (χ2v) is 7.35. The minimum atomic E-state index is -0.209. The van der Waals surface area contributed by atoms with Gasteiger partial charge in [0.15, 0.2) is 0 Å². The van der Waals surface area contributed by atoms with Crippen LogP contribution in [-0.4, -0.2) is 75.3 Å². The molecule has 2 aromatic rings. The lowest BCUT2D eigenvalue weighted by molar-refractivity contribution is 0.147. The van der Waals surface area contributed by atoms with E-state index in [1.165, 1.54) is 6.07 Å². The zero-order valence-electron chi connectivity index (χ0n) is 16.8. The molecule has 2 aromatic carbocycles. The van der Waals surface area contributed by atoms with Crippen LogP contribution in [0.3, 0.4) is 0 Å². The Labute approximate surface area is 171 Å². The van der Waals surface area contributed by atoms with E-state index in [2.05, 4.69) is 11.0 Å². The van der Waals surface area contributed by atoms with Gasteiger partial charge in [-0.05, 0) is 24.3 Å². The Kier molecular flexibility index (Phi) is 5.74. The first-order valence-corrected chi connectivity index (χ1v) is 10.1. The van der Waals surface area contributed by atoms with Crippen molar-refractivity contribution in [2.75, 3.05) is 69.3 Å². The number of hydrogen-bond donors (Lipinski definition) is 0. The highest BCUT2D eigenvalue weighted by Gasteiger charge is 2.29. The van der Waals surface area contributed by atoms with E-state index in [0.29, 0.717) is 45.0 Å². The molecule has 0 saturated carbocycles. The van der Waals surface area contributed by atoms with Crippen molar-refractivity contribution < 1.29 is 13.9 Å². The second kappa shape index (κ2) is 8.59. The van der Waals surface area contributed by atoms with Gasteiger partial charge >= 0.3 is 6.03 Å². The Hall–Kier alpha value is -2.96. The van der Waals surface area contributed by atoms with Gasteiger partial charge in [0.25, 0.3) is 0 Å². The lowest BCUT2D eigenvalue weighted by atomic mass is 10.2. The van der Waals surface area contributed by atoms with Crippen LogP contribution in [0.15, 0.2) is 48.5 Å². The summed E-state index contributed by atoms with van der Waals surface area (Å²) in [5.74, 6) is 0.649. The van der Waals surface area contributed by atoms with Gasteiger partial charge in [0.2, 0.25) is 0 Å². The standard InChI is InChI=1S/C22H27FN4O2/c1-29-21-9-5-4-8-20(21)25-12-16-27(17-13-25)22(28)26-14-10-24(11-15-26)19-7-3-2-6-18(19)23/h2-9H,10-17H2,1H3. The number of nitrogens with zero attached hydrogens (tertiary/aromatic N) is 4. The number of carbonyl (C=O) groups is 1. The SMILES string of the molecule is COc1ccccc1N1CCN(C(=O)N2CCN(c3ccccc3F)CC2)CC1. The van der Waals surface area contributed by atoms with Gasteiger partial charge in [-0.25, -0.2) is 9.18 Å². The van der Waals surface area contributed by atoms with E-state index < -0.39 is 0 Å². The third-order valence-corrected chi connectivity index (χ3v) is 5.72. The van der Waals surface area contributed by atoms with E-state index in [0.717, 1.165) is 24.5 Å². The summed E-state index contributed by atoms with van der Waals surface area (Å²) < 4.78 is 19.5. The van der Waals surface area contributed by atoms with Crippen LogP contribution in [0.2, 0.25) is 0 Å². The molecule has 0 unspecified atom stereocenters. The van der Waals surface area contributed by atoms with E-state index in [-0.39, 0.29) is 11.8 Å². The fourth-order valence-electron chi connectivity index (χ4n) is 4.08. The molecular weight excluding hydrogens is 371 g/mol. The second-order valence-electron chi connectivity index (χ2n) is 7.35. The lowest BCUT2D eigenvalue weighted by Crippen LogP contribution is -2.57. The number of piperazine rings is 2. The molecule has 154 valence electrons. The summed E-state index contributed by atoms with van der Waals surface area (Å²) in [6.07, 6.45) is 0. The first kappa shape index (κ1) is 19.4. The van der Waals surface area contributed by atoms with Gasteiger partial charge in [0.05, 0.1) is 18.5 Å². The molecule has 29 heavy (non-hydrogen) atoms. The predicted molar refractivity (Wildman–Crippen MR) is 112 cm³/mol. The maximum absolute atomic E-state index is 14.0. The molecule has 0 N–H and O–H groups in total. The topological polar surface area (TPSA) is 39.3 Å². The molecule has 0 radical (unpaired) electrons. The molecule has 2 heterocycles. The van der Waals surface area contributed by atoms with Crippen molar-refractivity contribution in [1.29, 1.82) is 0 Å². The Bertz CT molecular complexity index is 846. The van der Waals surface area contributed by atoms with E-state index in [9.17, 15) is 9.18 Å². The van der Waals surface area contributed by atoms with Crippen LogP contribution in [0, 0.1) is 5.82 Å². The number of hydrogen-bond acceptors (Lipinski definition) is 4. The van der Waals surface area contributed by atoms with Crippen LogP contribution >= 0.6 is 0 Å². The lowest BCUT2D eigenvalue weighted by Gasteiger charge is -2.41. The fraction of sp³-hybridized carbons (Fsp3) is 0.409.